The molecule has 0 unspecified atom stereocenters. The fraction of sp³-hybridized carbons (Fsp3) is 0. The van der Waals surface area contributed by atoms with E-state index in [4.69, 9.17) is 4.98 Å². The Hall–Kier alpha value is -4.79. The number of aromatic nitrogens is 1. The van der Waals surface area contributed by atoms with Crippen LogP contribution in [-0.2, 0) is 0 Å². The molecule has 0 N–H and O–H groups in total. The number of rotatable bonds is 3. The predicted molar refractivity (Wildman–Crippen MR) is 168 cm³/mol. The second-order valence-electron chi connectivity index (χ2n) is 9.95. The summed E-state index contributed by atoms with van der Waals surface area (Å²) in [5.74, 6) is 0. The van der Waals surface area contributed by atoms with Gasteiger partial charge in [-0.1, -0.05) is 115 Å². The van der Waals surface area contributed by atoms with Crippen LogP contribution in [0.3, 0.4) is 0 Å². The Morgan fingerprint density at radius 1 is 0.385 bits per heavy atom. The van der Waals surface area contributed by atoms with Crippen LogP contribution in [0.1, 0.15) is 0 Å². The van der Waals surface area contributed by atoms with Crippen LogP contribution in [0, 0.1) is 0 Å². The fourth-order valence-electron chi connectivity index (χ4n) is 5.95. The molecule has 0 fully saturated rings. The molecule has 2 aromatic heterocycles. The topological polar surface area (TPSA) is 12.9 Å². The van der Waals surface area contributed by atoms with E-state index in [2.05, 4.69) is 133 Å². The first-order valence-electron chi connectivity index (χ1n) is 13.2. The number of benzene rings is 6. The minimum atomic E-state index is 0.993. The Morgan fingerprint density at radius 2 is 0.923 bits per heavy atom. The lowest BCUT2D eigenvalue weighted by molar-refractivity contribution is 1.33. The maximum Gasteiger partial charge on any atom is 0.0702 e. The van der Waals surface area contributed by atoms with Crippen molar-refractivity contribution in [3.8, 4) is 33.5 Å². The second kappa shape index (κ2) is 8.90. The van der Waals surface area contributed by atoms with E-state index >= 15 is 0 Å². The van der Waals surface area contributed by atoms with E-state index in [9.17, 15) is 0 Å². The van der Waals surface area contributed by atoms with E-state index in [0.29, 0.717) is 0 Å². The number of thiophene rings is 1. The third kappa shape index (κ3) is 3.57. The van der Waals surface area contributed by atoms with Gasteiger partial charge >= 0.3 is 0 Å². The molecule has 0 amide bonds. The van der Waals surface area contributed by atoms with Crippen LogP contribution in [0.15, 0.2) is 140 Å². The molecule has 0 radical (unpaired) electrons. The van der Waals surface area contributed by atoms with Gasteiger partial charge in [0.15, 0.2) is 0 Å². The normalized spacial score (nSPS) is 11.6. The van der Waals surface area contributed by atoms with Gasteiger partial charge in [-0.25, -0.2) is 0 Å². The molecule has 0 saturated heterocycles. The molecule has 2 heterocycles. The molecular formula is C37H23NS. The van der Waals surface area contributed by atoms with Crippen molar-refractivity contribution in [1.82, 2.24) is 4.98 Å². The number of hydrogen-bond acceptors (Lipinski definition) is 2. The Balaban J connectivity index is 1.30. The van der Waals surface area contributed by atoms with Gasteiger partial charge in [-0.05, 0) is 56.4 Å². The standard InChI is InChI=1S/C37H23NS/c1-2-10-24(11-3-1)36-29-13-4-6-15-31(29)37(32-16-7-5-14-30(32)36)26-19-21-33(38-23-26)25-18-20-28-27-12-8-9-17-34(27)39-35(28)22-25/h1-23H. The molecule has 0 atom stereocenters. The molecule has 0 spiro atoms. The SMILES string of the molecule is c1ccc(-c2c3ccccc3c(-c3ccc(-c4ccc5c(c4)sc4ccccc45)nc3)c3ccccc23)cc1. The fourth-order valence-corrected chi connectivity index (χ4v) is 7.10. The van der Waals surface area contributed by atoms with Gasteiger partial charge < -0.3 is 0 Å². The molecule has 0 aliphatic heterocycles. The van der Waals surface area contributed by atoms with Crippen LogP contribution in [0.2, 0.25) is 0 Å². The average molecular weight is 514 g/mol. The zero-order chi connectivity index (χ0) is 25.8. The van der Waals surface area contributed by atoms with Crippen LogP contribution in [0.5, 0.6) is 0 Å². The number of fused-ring (bicyclic) bond motifs is 5. The highest BCUT2D eigenvalue weighted by atomic mass is 32.1. The minimum absolute atomic E-state index is 0.993. The summed E-state index contributed by atoms with van der Waals surface area (Å²) in [5, 5.41) is 7.65. The summed E-state index contributed by atoms with van der Waals surface area (Å²) < 4.78 is 2.62. The first-order valence-corrected chi connectivity index (χ1v) is 14.0. The van der Waals surface area contributed by atoms with Crippen LogP contribution in [0.4, 0.5) is 0 Å². The highest BCUT2D eigenvalue weighted by molar-refractivity contribution is 7.25. The molecule has 0 bridgehead atoms. The number of nitrogens with zero attached hydrogens (tertiary/aromatic N) is 1. The van der Waals surface area contributed by atoms with Crippen LogP contribution in [-0.4, -0.2) is 4.98 Å². The predicted octanol–water partition coefficient (Wildman–Crippen LogP) is 10.8. The summed E-state index contributed by atoms with van der Waals surface area (Å²) >= 11 is 1.85. The van der Waals surface area contributed by atoms with Crippen molar-refractivity contribution in [2.45, 2.75) is 0 Å². The minimum Gasteiger partial charge on any atom is -0.256 e. The molecule has 0 saturated carbocycles. The van der Waals surface area contributed by atoms with Crippen LogP contribution in [0.25, 0.3) is 75.2 Å². The van der Waals surface area contributed by atoms with Gasteiger partial charge in [0.25, 0.3) is 0 Å². The smallest absolute Gasteiger partial charge is 0.0702 e. The van der Waals surface area contributed by atoms with Gasteiger partial charge in [0.1, 0.15) is 0 Å². The third-order valence-corrected chi connectivity index (χ3v) is 8.85. The van der Waals surface area contributed by atoms with E-state index in [-0.39, 0.29) is 0 Å². The quantitative estimate of drug-likeness (QED) is 0.214. The van der Waals surface area contributed by atoms with Gasteiger partial charge in [0.05, 0.1) is 5.69 Å². The summed E-state index contributed by atoms with van der Waals surface area (Å²) in [7, 11) is 0. The van der Waals surface area contributed by atoms with E-state index in [1.807, 2.05) is 17.5 Å². The van der Waals surface area contributed by atoms with Gasteiger partial charge in [-0.2, -0.15) is 0 Å². The summed E-state index contributed by atoms with van der Waals surface area (Å²) in [5.41, 5.74) is 7.03. The first kappa shape index (κ1) is 22.2. The van der Waals surface area contributed by atoms with Crippen molar-refractivity contribution in [2.24, 2.45) is 0 Å². The lowest BCUT2D eigenvalue weighted by atomic mass is 9.86. The molecule has 0 aliphatic rings. The summed E-state index contributed by atoms with van der Waals surface area (Å²) in [6, 6.07) is 48.0. The molecule has 1 nitrogen and oxygen atoms in total. The zero-order valence-corrected chi connectivity index (χ0v) is 22.0. The zero-order valence-electron chi connectivity index (χ0n) is 21.1. The highest BCUT2D eigenvalue weighted by Crippen LogP contribution is 2.43. The molecule has 8 aromatic rings. The number of pyridine rings is 1. The summed E-state index contributed by atoms with van der Waals surface area (Å²) in [6.07, 6.45) is 2.04. The Kier molecular flexibility index (Phi) is 5.07. The van der Waals surface area contributed by atoms with E-state index < -0.39 is 0 Å². The molecule has 6 aromatic carbocycles. The molecule has 182 valence electrons. The van der Waals surface area contributed by atoms with Crippen LogP contribution >= 0.6 is 11.3 Å². The van der Waals surface area contributed by atoms with Crippen molar-refractivity contribution >= 4 is 53.1 Å². The van der Waals surface area contributed by atoms with Crippen molar-refractivity contribution in [3.63, 3.8) is 0 Å². The number of hydrogen-bond donors (Lipinski definition) is 0. The Labute approximate surface area is 230 Å². The Morgan fingerprint density at radius 3 is 1.56 bits per heavy atom. The van der Waals surface area contributed by atoms with Crippen molar-refractivity contribution in [2.75, 3.05) is 0 Å². The van der Waals surface area contributed by atoms with Crippen molar-refractivity contribution < 1.29 is 0 Å². The largest absolute Gasteiger partial charge is 0.256 e. The monoisotopic (exact) mass is 513 g/mol. The van der Waals surface area contributed by atoms with Gasteiger partial charge in [-0.15, -0.1) is 11.3 Å². The molecular weight excluding hydrogens is 490 g/mol. The first-order chi connectivity index (χ1) is 19.3. The van der Waals surface area contributed by atoms with E-state index in [0.717, 1.165) is 16.8 Å². The maximum absolute atomic E-state index is 4.98. The van der Waals surface area contributed by atoms with Gasteiger partial charge in [0.2, 0.25) is 0 Å². The van der Waals surface area contributed by atoms with Crippen molar-refractivity contribution in [3.05, 3.63) is 140 Å². The van der Waals surface area contributed by atoms with E-state index in [1.165, 1.54) is 58.4 Å². The molecule has 2 heteroatoms. The van der Waals surface area contributed by atoms with Gasteiger partial charge in [-0.3, -0.25) is 4.98 Å². The van der Waals surface area contributed by atoms with Crippen LogP contribution < -0.4 is 0 Å². The highest BCUT2D eigenvalue weighted by Gasteiger charge is 2.16. The second-order valence-corrected chi connectivity index (χ2v) is 11.0. The summed E-state index contributed by atoms with van der Waals surface area (Å²) in [6.45, 7) is 0. The maximum atomic E-state index is 4.98. The average Bonchev–Trinajstić information content (AvgIpc) is 3.38. The lowest BCUT2D eigenvalue weighted by Gasteiger charge is -2.17. The third-order valence-electron chi connectivity index (χ3n) is 7.72. The molecule has 0 aliphatic carbocycles. The molecule has 8 rings (SSSR count). The Bertz CT molecular complexity index is 2100. The van der Waals surface area contributed by atoms with Crippen molar-refractivity contribution in [1.29, 1.82) is 0 Å². The lowest BCUT2D eigenvalue weighted by Crippen LogP contribution is -1.91. The van der Waals surface area contributed by atoms with E-state index in [1.54, 1.807) is 0 Å². The molecule has 39 heavy (non-hydrogen) atoms. The summed E-state index contributed by atoms with van der Waals surface area (Å²) in [4.78, 5) is 4.98. The van der Waals surface area contributed by atoms with Gasteiger partial charge in [0, 0.05) is 37.5 Å².